The van der Waals surface area contributed by atoms with Crippen molar-refractivity contribution in [1.82, 2.24) is 4.98 Å². The first-order valence-electron chi connectivity index (χ1n) is 4.66. The van der Waals surface area contributed by atoms with E-state index < -0.39 is 48.6 Å². The van der Waals surface area contributed by atoms with Crippen molar-refractivity contribution in [3.8, 4) is 5.88 Å². The molecule has 0 spiro atoms. The minimum absolute atomic E-state index is 0.403. The largest absolute Gasteiger partial charge is 0.574 e. The first-order chi connectivity index (χ1) is 8.28. The Balaban J connectivity index is 3.26. The molecule has 1 heterocycles. The van der Waals surface area contributed by atoms with Gasteiger partial charge in [0.2, 0.25) is 5.88 Å². The Labute approximate surface area is 98.2 Å². The number of aromatic nitrogens is 1. The van der Waals surface area contributed by atoms with Crippen LogP contribution in [0.3, 0.4) is 0 Å². The minimum atomic E-state index is -5.00. The second-order valence-electron chi connectivity index (χ2n) is 3.19. The molecule has 0 aliphatic carbocycles. The van der Waals surface area contributed by atoms with Crippen LogP contribution in [0.2, 0.25) is 0 Å². The van der Waals surface area contributed by atoms with E-state index in [-0.39, 0.29) is 0 Å². The Kier molecular flexibility index (Phi) is 4.41. The van der Waals surface area contributed by atoms with Crippen molar-refractivity contribution in [3.63, 3.8) is 0 Å². The Morgan fingerprint density at radius 1 is 1.39 bits per heavy atom. The third kappa shape index (κ3) is 3.50. The van der Waals surface area contributed by atoms with Crippen LogP contribution >= 0.6 is 0 Å². The summed E-state index contributed by atoms with van der Waals surface area (Å²) in [7, 11) is 0. The summed E-state index contributed by atoms with van der Waals surface area (Å²) in [6, 6.07) is 0.605. The monoisotopic (exact) mass is 272 g/mol. The van der Waals surface area contributed by atoms with E-state index >= 15 is 0 Å². The van der Waals surface area contributed by atoms with E-state index in [4.69, 9.17) is 10.8 Å². The number of rotatable bonds is 4. The van der Waals surface area contributed by atoms with Gasteiger partial charge in [-0.25, -0.2) is 13.8 Å². The molecule has 1 rings (SSSR count). The SMILES string of the molecule is NCc1nc(OC(F)(F)F)cc(CO)c1C(F)F. The molecule has 4 nitrogen and oxygen atoms in total. The van der Waals surface area contributed by atoms with Crippen molar-refractivity contribution in [2.45, 2.75) is 25.9 Å². The molecule has 18 heavy (non-hydrogen) atoms. The van der Waals surface area contributed by atoms with Gasteiger partial charge in [0.1, 0.15) is 0 Å². The van der Waals surface area contributed by atoms with Crippen LogP contribution in [0, 0.1) is 0 Å². The van der Waals surface area contributed by atoms with Crippen LogP contribution in [0.25, 0.3) is 0 Å². The van der Waals surface area contributed by atoms with Crippen molar-refractivity contribution < 1.29 is 31.8 Å². The second-order valence-corrected chi connectivity index (χ2v) is 3.19. The van der Waals surface area contributed by atoms with Gasteiger partial charge >= 0.3 is 6.36 Å². The van der Waals surface area contributed by atoms with Gasteiger partial charge in [-0.15, -0.1) is 13.2 Å². The lowest BCUT2D eigenvalue weighted by Crippen LogP contribution is -2.19. The number of ether oxygens (including phenoxy) is 1. The summed E-state index contributed by atoms with van der Waals surface area (Å²) in [4.78, 5) is 3.25. The van der Waals surface area contributed by atoms with Gasteiger partial charge in [-0.3, -0.25) is 0 Å². The Morgan fingerprint density at radius 3 is 2.39 bits per heavy atom. The van der Waals surface area contributed by atoms with E-state index in [2.05, 4.69) is 9.72 Å². The topological polar surface area (TPSA) is 68.4 Å². The molecule has 0 unspecified atom stereocenters. The predicted molar refractivity (Wildman–Crippen MR) is 49.7 cm³/mol. The number of hydrogen-bond acceptors (Lipinski definition) is 4. The minimum Gasteiger partial charge on any atom is -0.392 e. The molecule has 0 saturated carbocycles. The standard InChI is InChI=1S/C9H9F5N2O2/c10-8(11)7-4(3-17)1-6(16-5(7)2-15)18-9(12,13)14/h1,8,17H,2-3,15H2. The Bertz CT molecular complexity index is 397. The number of aliphatic hydroxyl groups excluding tert-OH is 1. The van der Waals surface area contributed by atoms with E-state index in [1.54, 1.807) is 0 Å². The zero-order chi connectivity index (χ0) is 13.9. The maximum Gasteiger partial charge on any atom is 0.574 e. The lowest BCUT2D eigenvalue weighted by Gasteiger charge is -2.14. The average Bonchev–Trinajstić information content (AvgIpc) is 2.24. The molecule has 1 aromatic heterocycles. The van der Waals surface area contributed by atoms with Crippen molar-refractivity contribution in [3.05, 3.63) is 22.9 Å². The number of halogens is 5. The van der Waals surface area contributed by atoms with Gasteiger partial charge in [0.15, 0.2) is 0 Å². The Morgan fingerprint density at radius 2 is 2.00 bits per heavy atom. The van der Waals surface area contributed by atoms with Crippen LogP contribution in [-0.2, 0) is 13.2 Å². The van der Waals surface area contributed by atoms with Gasteiger partial charge < -0.3 is 15.6 Å². The summed E-state index contributed by atoms with van der Waals surface area (Å²) in [5, 5.41) is 8.87. The number of nitrogens with two attached hydrogens (primary N) is 1. The highest BCUT2D eigenvalue weighted by atomic mass is 19.4. The fourth-order valence-electron chi connectivity index (χ4n) is 1.36. The van der Waals surface area contributed by atoms with Crippen LogP contribution in [-0.4, -0.2) is 16.5 Å². The van der Waals surface area contributed by atoms with E-state index in [1.165, 1.54) is 0 Å². The molecule has 0 aromatic carbocycles. The molecular formula is C9H9F5N2O2. The molecule has 3 N–H and O–H groups in total. The lowest BCUT2D eigenvalue weighted by molar-refractivity contribution is -0.276. The molecule has 1 aromatic rings. The fourth-order valence-corrected chi connectivity index (χ4v) is 1.36. The zero-order valence-corrected chi connectivity index (χ0v) is 8.84. The predicted octanol–water partition coefficient (Wildman–Crippen LogP) is 1.87. The average molecular weight is 272 g/mol. The van der Waals surface area contributed by atoms with Crippen molar-refractivity contribution in [2.75, 3.05) is 0 Å². The van der Waals surface area contributed by atoms with Crippen LogP contribution in [0.15, 0.2) is 6.07 Å². The third-order valence-electron chi connectivity index (χ3n) is 2.00. The molecule has 0 fully saturated rings. The highest BCUT2D eigenvalue weighted by molar-refractivity contribution is 5.35. The Hall–Kier alpha value is -1.48. The molecular weight excluding hydrogens is 263 g/mol. The molecule has 102 valence electrons. The summed E-state index contributed by atoms with van der Waals surface area (Å²) in [5.74, 6) is -0.934. The lowest BCUT2D eigenvalue weighted by atomic mass is 10.1. The quantitative estimate of drug-likeness (QED) is 0.821. The van der Waals surface area contributed by atoms with Crippen LogP contribution in [0.1, 0.15) is 23.2 Å². The molecule has 9 heteroatoms. The van der Waals surface area contributed by atoms with E-state index in [9.17, 15) is 22.0 Å². The fraction of sp³-hybridized carbons (Fsp3) is 0.444. The molecule has 0 aliphatic rings. The summed E-state index contributed by atoms with van der Waals surface area (Å²) in [6.07, 6.45) is -8.00. The van der Waals surface area contributed by atoms with Crippen molar-refractivity contribution >= 4 is 0 Å². The van der Waals surface area contributed by atoms with Crippen LogP contribution < -0.4 is 10.5 Å². The van der Waals surface area contributed by atoms with Gasteiger partial charge in [-0.2, -0.15) is 0 Å². The normalized spacial score (nSPS) is 12.0. The van der Waals surface area contributed by atoms with Crippen LogP contribution in [0.4, 0.5) is 22.0 Å². The molecule has 0 saturated heterocycles. The van der Waals surface area contributed by atoms with Gasteiger partial charge in [0.05, 0.1) is 12.3 Å². The summed E-state index contributed by atoms with van der Waals surface area (Å²) in [5.41, 5.74) is 3.61. The number of nitrogens with zero attached hydrogens (tertiary/aromatic N) is 1. The van der Waals surface area contributed by atoms with E-state index in [0.29, 0.717) is 6.07 Å². The number of alkyl halides is 5. The van der Waals surface area contributed by atoms with Gasteiger partial charge in [0, 0.05) is 18.2 Å². The maximum atomic E-state index is 12.7. The number of pyridine rings is 1. The maximum absolute atomic E-state index is 12.7. The summed E-state index contributed by atoms with van der Waals surface area (Å²) < 4.78 is 64.7. The van der Waals surface area contributed by atoms with E-state index in [0.717, 1.165) is 0 Å². The third-order valence-corrected chi connectivity index (χ3v) is 2.00. The van der Waals surface area contributed by atoms with Gasteiger partial charge in [-0.1, -0.05) is 0 Å². The van der Waals surface area contributed by atoms with Crippen molar-refractivity contribution in [2.24, 2.45) is 5.73 Å². The van der Waals surface area contributed by atoms with Gasteiger partial charge in [0.25, 0.3) is 6.43 Å². The number of aliphatic hydroxyl groups is 1. The van der Waals surface area contributed by atoms with Crippen LogP contribution in [0.5, 0.6) is 5.88 Å². The number of hydrogen-bond donors (Lipinski definition) is 2. The second kappa shape index (κ2) is 5.44. The van der Waals surface area contributed by atoms with E-state index in [1.807, 2.05) is 0 Å². The highest BCUT2D eigenvalue weighted by Crippen LogP contribution is 2.30. The molecule has 0 radical (unpaired) electrons. The summed E-state index contributed by atoms with van der Waals surface area (Å²) in [6.45, 7) is -1.37. The first-order valence-corrected chi connectivity index (χ1v) is 4.66. The van der Waals surface area contributed by atoms with Crippen molar-refractivity contribution in [1.29, 1.82) is 0 Å². The highest BCUT2D eigenvalue weighted by Gasteiger charge is 2.33. The van der Waals surface area contributed by atoms with Gasteiger partial charge in [-0.05, 0) is 5.56 Å². The smallest absolute Gasteiger partial charge is 0.392 e. The first kappa shape index (κ1) is 14.6. The summed E-state index contributed by atoms with van der Waals surface area (Å²) >= 11 is 0. The molecule has 0 aliphatic heterocycles. The molecule has 0 amide bonds. The molecule has 0 bridgehead atoms. The zero-order valence-electron chi connectivity index (χ0n) is 8.84. The molecule has 0 atom stereocenters.